The molecule has 7 heteroatoms. The zero-order chi connectivity index (χ0) is 17.1. The van der Waals surface area contributed by atoms with Crippen molar-refractivity contribution in [2.75, 3.05) is 19.4 Å². The van der Waals surface area contributed by atoms with Gasteiger partial charge in [-0.15, -0.1) is 0 Å². The maximum atomic E-state index is 12.9. The molecule has 0 saturated heterocycles. The van der Waals surface area contributed by atoms with Gasteiger partial charge < -0.3 is 10.2 Å². The molecule has 0 saturated carbocycles. The molecule has 1 heterocycles. The first-order valence-electron chi connectivity index (χ1n) is 7.09. The van der Waals surface area contributed by atoms with Gasteiger partial charge in [0, 0.05) is 21.1 Å². The summed E-state index contributed by atoms with van der Waals surface area (Å²) in [5, 5.41) is 6.90. The summed E-state index contributed by atoms with van der Waals surface area (Å²) in [4.78, 5) is 25.8. The fourth-order valence-corrected chi connectivity index (χ4v) is 2.09. The van der Waals surface area contributed by atoms with E-state index in [1.165, 1.54) is 17.0 Å². The van der Waals surface area contributed by atoms with Gasteiger partial charge in [0.25, 0.3) is 5.91 Å². The van der Waals surface area contributed by atoms with E-state index in [4.69, 9.17) is 0 Å². The molecule has 1 aromatic carbocycles. The highest BCUT2D eigenvalue weighted by Gasteiger charge is 2.22. The summed E-state index contributed by atoms with van der Waals surface area (Å²) < 4.78 is 14.4. The van der Waals surface area contributed by atoms with Crippen LogP contribution in [0, 0.1) is 12.7 Å². The Morgan fingerprint density at radius 3 is 2.43 bits per heavy atom. The molecule has 2 amide bonds. The van der Waals surface area contributed by atoms with Crippen molar-refractivity contribution in [3.05, 3.63) is 47.0 Å². The Morgan fingerprint density at radius 1 is 1.26 bits per heavy atom. The van der Waals surface area contributed by atoms with Crippen LogP contribution < -0.4 is 5.32 Å². The number of nitrogens with zero attached hydrogens (tertiary/aromatic N) is 3. The maximum absolute atomic E-state index is 12.9. The molecule has 0 atom stereocenters. The number of hydrogen-bond donors (Lipinski definition) is 1. The van der Waals surface area contributed by atoms with Crippen LogP contribution in [-0.2, 0) is 18.3 Å². The lowest BCUT2D eigenvalue weighted by atomic mass is 10.1. The summed E-state index contributed by atoms with van der Waals surface area (Å²) in [7, 11) is 4.95. The number of anilines is 1. The van der Waals surface area contributed by atoms with Gasteiger partial charge in [-0.3, -0.25) is 14.3 Å². The van der Waals surface area contributed by atoms with E-state index in [1.807, 2.05) is 0 Å². The van der Waals surface area contributed by atoms with Gasteiger partial charge in [0.05, 0.1) is 17.8 Å². The standard InChI is InChI=1S/C16H19FN4O2/c1-10-14(15(19-21(10)4)16(23)20(2)3)18-13(22)9-11-5-7-12(17)8-6-11/h5-8H,9H2,1-4H3,(H,18,22). The zero-order valence-electron chi connectivity index (χ0n) is 13.6. The number of halogens is 1. The third-order valence-electron chi connectivity index (χ3n) is 3.49. The number of benzene rings is 1. The van der Waals surface area contributed by atoms with E-state index in [9.17, 15) is 14.0 Å². The molecule has 0 aliphatic heterocycles. The zero-order valence-corrected chi connectivity index (χ0v) is 13.6. The lowest BCUT2D eigenvalue weighted by Gasteiger charge is -2.11. The molecule has 0 aliphatic rings. The van der Waals surface area contributed by atoms with Crippen LogP contribution in [0.25, 0.3) is 0 Å². The molecule has 2 rings (SSSR count). The molecule has 1 N–H and O–H groups in total. The highest BCUT2D eigenvalue weighted by molar-refractivity contribution is 6.03. The van der Waals surface area contributed by atoms with Gasteiger partial charge in [-0.25, -0.2) is 4.39 Å². The van der Waals surface area contributed by atoms with E-state index in [0.717, 1.165) is 0 Å². The number of carbonyl (C=O) groups is 2. The van der Waals surface area contributed by atoms with Crippen LogP contribution in [0.2, 0.25) is 0 Å². The summed E-state index contributed by atoms with van der Waals surface area (Å²) >= 11 is 0. The SMILES string of the molecule is Cc1c(NC(=O)Cc2ccc(F)cc2)c(C(=O)N(C)C)nn1C. The van der Waals surface area contributed by atoms with Crippen LogP contribution in [0.1, 0.15) is 21.7 Å². The Bertz CT molecular complexity index is 735. The first-order valence-corrected chi connectivity index (χ1v) is 7.09. The third kappa shape index (κ3) is 3.74. The van der Waals surface area contributed by atoms with Crippen molar-refractivity contribution >= 4 is 17.5 Å². The molecular weight excluding hydrogens is 299 g/mol. The van der Waals surface area contributed by atoms with Crippen LogP contribution in [0.4, 0.5) is 10.1 Å². The number of aromatic nitrogens is 2. The normalized spacial score (nSPS) is 10.5. The number of rotatable bonds is 4. The van der Waals surface area contributed by atoms with E-state index < -0.39 is 0 Å². The summed E-state index contributed by atoms with van der Waals surface area (Å²) in [6, 6.07) is 5.71. The van der Waals surface area contributed by atoms with Crippen molar-refractivity contribution in [2.45, 2.75) is 13.3 Å². The number of hydrogen-bond acceptors (Lipinski definition) is 3. The van der Waals surface area contributed by atoms with Gasteiger partial charge >= 0.3 is 0 Å². The fourth-order valence-electron chi connectivity index (χ4n) is 2.09. The highest BCUT2D eigenvalue weighted by atomic mass is 19.1. The molecule has 2 aromatic rings. The smallest absolute Gasteiger partial charge is 0.276 e. The van der Waals surface area contributed by atoms with Crippen molar-refractivity contribution in [1.29, 1.82) is 0 Å². The van der Waals surface area contributed by atoms with Gasteiger partial charge in [0.15, 0.2) is 5.69 Å². The summed E-state index contributed by atoms with van der Waals surface area (Å²) in [5.41, 5.74) is 1.97. The van der Waals surface area contributed by atoms with Crippen molar-refractivity contribution in [2.24, 2.45) is 7.05 Å². The predicted molar refractivity (Wildman–Crippen MR) is 84.7 cm³/mol. The fraction of sp³-hybridized carbons (Fsp3) is 0.312. The number of aryl methyl sites for hydroxylation is 1. The second-order valence-corrected chi connectivity index (χ2v) is 5.48. The number of amides is 2. The van der Waals surface area contributed by atoms with E-state index in [2.05, 4.69) is 10.4 Å². The highest BCUT2D eigenvalue weighted by Crippen LogP contribution is 2.21. The van der Waals surface area contributed by atoms with E-state index in [0.29, 0.717) is 16.9 Å². The maximum Gasteiger partial charge on any atom is 0.276 e. The van der Waals surface area contributed by atoms with E-state index >= 15 is 0 Å². The Hall–Kier alpha value is -2.70. The lowest BCUT2D eigenvalue weighted by molar-refractivity contribution is -0.115. The molecule has 1 aromatic heterocycles. The van der Waals surface area contributed by atoms with Crippen LogP contribution >= 0.6 is 0 Å². The lowest BCUT2D eigenvalue weighted by Crippen LogP contribution is -2.24. The average Bonchev–Trinajstić information content (AvgIpc) is 2.77. The molecule has 0 aliphatic carbocycles. The van der Waals surface area contributed by atoms with Crippen molar-refractivity contribution < 1.29 is 14.0 Å². The molecule has 6 nitrogen and oxygen atoms in total. The summed E-state index contributed by atoms with van der Waals surface area (Å²) in [6.07, 6.45) is 0.0875. The summed E-state index contributed by atoms with van der Waals surface area (Å²) in [5.74, 6) is -0.928. The van der Waals surface area contributed by atoms with Crippen molar-refractivity contribution in [3.8, 4) is 0 Å². The minimum absolute atomic E-state index is 0.0875. The van der Waals surface area contributed by atoms with Crippen LogP contribution in [-0.4, -0.2) is 40.6 Å². The molecule has 0 fully saturated rings. The molecule has 23 heavy (non-hydrogen) atoms. The Kier molecular flexibility index (Phi) is 4.78. The number of nitrogens with one attached hydrogen (secondary N) is 1. The first-order chi connectivity index (χ1) is 10.8. The minimum Gasteiger partial charge on any atom is -0.343 e. The molecular formula is C16H19FN4O2. The van der Waals surface area contributed by atoms with E-state index in [-0.39, 0.29) is 29.7 Å². The Morgan fingerprint density at radius 2 is 1.87 bits per heavy atom. The molecule has 0 spiro atoms. The predicted octanol–water partition coefficient (Wildman–Crippen LogP) is 1.75. The quantitative estimate of drug-likeness (QED) is 0.934. The molecule has 122 valence electrons. The average molecular weight is 318 g/mol. The van der Waals surface area contributed by atoms with Gasteiger partial charge in [0.2, 0.25) is 5.91 Å². The largest absolute Gasteiger partial charge is 0.343 e. The van der Waals surface area contributed by atoms with Crippen LogP contribution in [0.5, 0.6) is 0 Å². The third-order valence-corrected chi connectivity index (χ3v) is 3.49. The van der Waals surface area contributed by atoms with Gasteiger partial charge in [-0.2, -0.15) is 5.10 Å². The molecule has 0 radical (unpaired) electrons. The second kappa shape index (κ2) is 6.60. The van der Waals surface area contributed by atoms with Gasteiger partial charge in [-0.05, 0) is 24.6 Å². The summed E-state index contributed by atoms with van der Waals surface area (Å²) in [6.45, 7) is 1.77. The molecule has 0 bridgehead atoms. The van der Waals surface area contributed by atoms with Gasteiger partial charge in [0.1, 0.15) is 5.82 Å². The van der Waals surface area contributed by atoms with E-state index in [1.54, 1.807) is 44.9 Å². The van der Waals surface area contributed by atoms with Crippen LogP contribution in [0.3, 0.4) is 0 Å². The van der Waals surface area contributed by atoms with Crippen molar-refractivity contribution in [3.63, 3.8) is 0 Å². The van der Waals surface area contributed by atoms with Crippen molar-refractivity contribution in [1.82, 2.24) is 14.7 Å². The number of carbonyl (C=O) groups excluding carboxylic acids is 2. The monoisotopic (exact) mass is 318 g/mol. The second-order valence-electron chi connectivity index (χ2n) is 5.48. The van der Waals surface area contributed by atoms with Gasteiger partial charge in [-0.1, -0.05) is 12.1 Å². The Balaban J connectivity index is 2.20. The van der Waals surface area contributed by atoms with Crippen LogP contribution in [0.15, 0.2) is 24.3 Å². The first kappa shape index (κ1) is 16.7. The molecule has 0 unspecified atom stereocenters. The topological polar surface area (TPSA) is 67.2 Å². The minimum atomic E-state index is -0.351. The Labute approximate surface area is 133 Å².